The van der Waals surface area contributed by atoms with Gasteiger partial charge in [-0.1, -0.05) is 46.4 Å². The summed E-state index contributed by atoms with van der Waals surface area (Å²) in [4.78, 5) is 37.2. The van der Waals surface area contributed by atoms with Crippen molar-refractivity contribution >= 4 is 80.7 Å². The number of hydrogen-bond acceptors (Lipinski definition) is 3. The van der Waals surface area contributed by atoms with Crippen LogP contribution in [0.2, 0.25) is 20.1 Å². The van der Waals surface area contributed by atoms with E-state index in [2.05, 4.69) is 0 Å². The number of halogens is 5. The molecular weight excluding hydrogens is 419 g/mol. The van der Waals surface area contributed by atoms with Gasteiger partial charge in [0.15, 0.2) is 0 Å². The Morgan fingerprint density at radius 2 is 1.17 bits per heavy atom. The highest BCUT2D eigenvalue weighted by molar-refractivity contribution is 6.67. The van der Waals surface area contributed by atoms with Crippen molar-refractivity contribution in [1.82, 2.24) is 0 Å². The van der Waals surface area contributed by atoms with E-state index in [0.29, 0.717) is 0 Å². The van der Waals surface area contributed by atoms with Gasteiger partial charge in [-0.15, -0.1) is 0 Å². The molecule has 24 heavy (non-hydrogen) atoms. The number of rotatable bonds is 2. The van der Waals surface area contributed by atoms with Crippen molar-refractivity contribution in [2.45, 2.75) is 0 Å². The molecule has 1 aliphatic rings. The fourth-order valence-corrected chi connectivity index (χ4v) is 3.47. The first kappa shape index (κ1) is 17.5. The smallest absolute Gasteiger partial charge is 0.267 e. The fourth-order valence-electron chi connectivity index (χ4n) is 2.33. The molecule has 1 heterocycles. The number of carbonyl (C=O) groups is 3. The Balaban J connectivity index is 2.16. The predicted octanol–water partition coefficient (Wildman–Crippen LogP) is 5.48. The molecule has 0 aromatic heterocycles. The van der Waals surface area contributed by atoms with E-state index in [0.717, 1.165) is 4.90 Å². The molecule has 122 valence electrons. The van der Waals surface area contributed by atoms with Gasteiger partial charge in [0.05, 0.1) is 36.9 Å². The molecule has 4 nitrogen and oxygen atoms in total. The molecule has 0 fully saturated rings. The monoisotopic (exact) mass is 421 g/mol. The van der Waals surface area contributed by atoms with Crippen LogP contribution < -0.4 is 4.90 Å². The van der Waals surface area contributed by atoms with E-state index >= 15 is 0 Å². The number of nitrogens with zero attached hydrogens (tertiary/aromatic N) is 1. The Bertz CT molecular complexity index is 877. The maximum Gasteiger partial charge on any atom is 0.267 e. The third-order valence-electron chi connectivity index (χ3n) is 3.45. The molecule has 0 N–H and O–H groups in total. The number of carbonyl (C=O) groups excluding carboxylic acids is 3. The van der Waals surface area contributed by atoms with Crippen LogP contribution in [0.5, 0.6) is 0 Å². The van der Waals surface area contributed by atoms with Crippen LogP contribution in [0.25, 0.3) is 0 Å². The average Bonchev–Trinajstić information content (AvgIpc) is 2.82. The molecule has 0 aliphatic carbocycles. The van der Waals surface area contributed by atoms with Gasteiger partial charge in [0.25, 0.3) is 17.1 Å². The number of hydrogen-bond donors (Lipinski definition) is 0. The lowest BCUT2D eigenvalue weighted by Gasteiger charge is -2.14. The molecule has 0 bridgehead atoms. The largest absolute Gasteiger partial charge is 0.276 e. The summed E-state index contributed by atoms with van der Waals surface area (Å²) in [6.45, 7) is 0. The lowest BCUT2D eigenvalue weighted by atomic mass is 10.1. The molecule has 0 unspecified atom stereocenters. The molecule has 1 aliphatic heterocycles. The molecule has 0 spiro atoms. The fraction of sp³-hybridized carbons (Fsp3) is 0. The average molecular weight is 423 g/mol. The molecule has 0 saturated heterocycles. The minimum absolute atomic E-state index is 0.104. The lowest BCUT2D eigenvalue weighted by Crippen LogP contribution is -2.29. The third-order valence-corrected chi connectivity index (χ3v) is 5.47. The highest BCUT2D eigenvalue weighted by atomic mass is 35.5. The van der Waals surface area contributed by atoms with Crippen LogP contribution in [0.1, 0.15) is 31.1 Å². The number of benzene rings is 2. The van der Waals surface area contributed by atoms with E-state index in [9.17, 15) is 14.4 Å². The molecule has 9 heteroatoms. The summed E-state index contributed by atoms with van der Waals surface area (Å²) in [5, 5.41) is -1.15. The molecular formula is C15H4Cl5NO3. The van der Waals surface area contributed by atoms with Crippen molar-refractivity contribution in [3.05, 3.63) is 61.0 Å². The molecule has 2 aromatic rings. The van der Waals surface area contributed by atoms with E-state index in [1.807, 2.05) is 0 Å². The van der Waals surface area contributed by atoms with Crippen LogP contribution in [0.15, 0.2) is 24.3 Å². The molecule has 2 aromatic carbocycles. The summed E-state index contributed by atoms with van der Waals surface area (Å²) in [7, 11) is 0. The Morgan fingerprint density at radius 1 is 0.750 bits per heavy atom. The van der Waals surface area contributed by atoms with Gasteiger partial charge in [-0.25, -0.2) is 4.90 Å². The first-order valence-electron chi connectivity index (χ1n) is 6.30. The summed E-state index contributed by atoms with van der Waals surface area (Å²) in [5.74, 6) is -1.38. The van der Waals surface area contributed by atoms with Crippen molar-refractivity contribution in [3.8, 4) is 0 Å². The van der Waals surface area contributed by atoms with E-state index in [1.54, 1.807) is 0 Å². The lowest BCUT2D eigenvalue weighted by molar-refractivity contribution is 0.0925. The molecule has 3 rings (SSSR count). The SMILES string of the molecule is O=C(Cl)c1ccc(N2C(=O)c3c(Cl)c(Cl)c(Cl)c(Cl)c3C2=O)cc1. The van der Waals surface area contributed by atoms with Crippen LogP contribution in [0.3, 0.4) is 0 Å². The third kappa shape index (κ3) is 2.50. The molecule has 2 amide bonds. The highest BCUT2D eigenvalue weighted by Gasteiger charge is 2.42. The summed E-state index contributed by atoms with van der Waals surface area (Å²) in [6, 6.07) is 5.58. The van der Waals surface area contributed by atoms with Crippen LogP contribution in [0, 0.1) is 0 Å². The Kier molecular flexibility index (Phi) is 4.53. The van der Waals surface area contributed by atoms with Crippen LogP contribution in [0.4, 0.5) is 5.69 Å². The van der Waals surface area contributed by atoms with Crippen LogP contribution in [-0.2, 0) is 0 Å². The van der Waals surface area contributed by atoms with Gasteiger partial charge in [0.2, 0.25) is 0 Å². The summed E-state index contributed by atoms with van der Waals surface area (Å²) < 4.78 is 0. The molecule has 0 radical (unpaired) electrons. The van der Waals surface area contributed by atoms with Gasteiger partial charge in [-0.05, 0) is 35.9 Å². The minimum atomic E-state index is -0.689. The highest BCUT2D eigenvalue weighted by Crippen LogP contribution is 2.45. The minimum Gasteiger partial charge on any atom is -0.276 e. The van der Waals surface area contributed by atoms with Gasteiger partial charge in [-0.2, -0.15) is 0 Å². The zero-order valence-corrected chi connectivity index (χ0v) is 15.2. The Morgan fingerprint density at radius 3 is 1.54 bits per heavy atom. The standard InChI is InChI=1S/C15H4Cl5NO3/c16-9-7-8(10(17)12(19)11(9)18)15(24)21(14(7)23)6-3-1-5(2-4-6)13(20)22/h1-4H. The van der Waals surface area contributed by atoms with Gasteiger partial charge >= 0.3 is 0 Å². The second kappa shape index (κ2) is 6.21. The zero-order chi connectivity index (χ0) is 17.8. The van der Waals surface area contributed by atoms with E-state index in [-0.39, 0.29) is 42.5 Å². The number of amides is 2. The van der Waals surface area contributed by atoms with Gasteiger partial charge in [0.1, 0.15) is 0 Å². The van der Waals surface area contributed by atoms with Crippen molar-refractivity contribution in [1.29, 1.82) is 0 Å². The first-order valence-corrected chi connectivity index (χ1v) is 8.19. The number of anilines is 1. The summed E-state index contributed by atoms with van der Waals surface area (Å²) in [5.41, 5.74) is 0.221. The van der Waals surface area contributed by atoms with Crippen molar-refractivity contribution in [2.75, 3.05) is 4.90 Å². The quantitative estimate of drug-likeness (QED) is 0.278. The first-order chi connectivity index (χ1) is 11.3. The van der Waals surface area contributed by atoms with Crippen LogP contribution >= 0.6 is 58.0 Å². The second-order valence-corrected chi connectivity index (χ2v) is 6.63. The van der Waals surface area contributed by atoms with Gasteiger partial charge in [0, 0.05) is 5.56 Å². The second-order valence-electron chi connectivity index (χ2n) is 4.77. The van der Waals surface area contributed by atoms with Crippen LogP contribution in [-0.4, -0.2) is 17.1 Å². The van der Waals surface area contributed by atoms with Crippen molar-refractivity contribution < 1.29 is 14.4 Å². The maximum atomic E-state index is 12.6. The van der Waals surface area contributed by atoms with Crippen molar-refractivity contribution in [3.63, 3.8) is 0 Å². The topological polar surface area (TPSA) is 54.5 Å². The Labute approximate surface area is 160 Å². The summed E-state index contributed by atoms with van der Waals surface area (Å²) >= 11 is 29.4. The molecule has 0 saturated carbocycles. The maximum absolute atomic E-state index is 12.6. The summed E-state index contributed by atoms with van der Waals surface area (Å²) in [6.07, 6.45) is 0. The van der Waals surface area contributed by atoms with Crippen molar-refractivity contribution in [2.24, 2.45) is 0 Å². The van der Waals surface area contributed by atoms with Gasteiger partial charge in [-0.3, -0.25) is 14.4 Å². The normalized spacial score (nSPS) is 13.5. The van der Waals surface area contributed by atoms with Gasteiger partial charge < -0.3 is 0 Å². The van der Waals surface area contributed by atoms with E-state index in [4.69, 9.17) is 58.0 Å². The molecule has 0 atom stereocenters. The number of imide groups is 1. The van der Waals surface area contributed by atoms with E-state index < -0.39 is 17.1 Å². The van der Waals surface area contributed by atoms with E-state index in [1.165, 1.54) is 24.3 Å². The zero-order valence-electron chi connectivity index (χ0n) is 11.4. The number of fused-ring (bicyclic) bond motifs is 1. The predicted molar refractivity (Wildman–Crippen MR) is 94.2 cm³/mol. The Hall–Kier alpha value is -1.30.